The second-order valence-electron chi connectivity index (χ2n) is 5.81. The molecule has 5 nitrogen and oxygen atoms in total. The van der Waals surface area contributed by atoms with Crippen LogP contribution in [0.1, 0.15) is 0 Å². The molecule has 0 bridgehead atoms. The van der Waals surface area contributed by atoms with Crippen LogP contribution in [0.25, 0.3) is 11.0 Å². The van der Waals surface area contributed by atoms with Crippen molar-refractivity contribution in [3.05, 3.63) is 17.9 Å². The van der Waals surface area contributed by atoms with Crippen LogP contribution < -0.4 is 5.73 Å². The first-order valence-corrected chi connectivity index (χ1v) is 9.93. The molecule has 104 valence electrons. The Kier molecular flexibility index (Phi) is 3.86. The summed E-state index contributed by atoms with van der Waals surface area (Å²) in [5, 5.41) is 7.69. The van der Waals surface area contributed by atoms with Crippen LogP contribution in [0.3, 0.4) is 0 Å². The highest BCUT2D eigenvalue weighted by molar-refractivity contribution is 6.76. The third kappa shape index (κ3) is 3.51. The maximum atomic E-state index is 13.6. The van der Waals surface area contributed by atoms with Gasteiger partial charge in [-0.15, -0.1) is 5.10 Å². The number of nitrogens with two attached hydrogens (primary N) is 1. The highest BCUT2D eigenvalue weighted by atomic mass is 28.3. The number of halogens is 1. The number of aromatic nitrogens is 3. The zero-order chi connectivity index (χ0) is 14.0. The van der Waals surface area contributed by atoms with Gasteiger partial charge >= 0.3 is 0 Å². The lowest BCUT2D eigenvalue weighted by Crippen LogP contribution is -2.22. The number of ether oxygens (including phenoxy) is 1. The summed E-state index contributed by atoms with van der Waals surface area (Å²) in [6, 6.07) is 3.98. The molecule has 1 aromatic heterocycles. The van der Waals surface area contributed by atoms with Gasteiger partial charge in [0.15, 0.2) is 5.82 Å². The van der Waals surface area contributed by atoms with E-state index in [4.69, 9.17) is 10.5 Å². The molecule has 19 heavy (non-hydrogen) atoms. The minimum atomic E-state index is -1.10. The number of nitrogen functional groups attached to an aromatic ring is 1. The first-order valence-electron chi connectivity index (χ1n) is 6.23. The van der Waals surface area contributed by atoms with Gasteiger partial charge in [0.2, 0.25) is 0 Å². The molecule has 0 amide bonds. The lowest BCUT2D eigenvalue weighted by atomic mass is 10.2. The fraction of sp³-hybridized carbons (Fsp3) is 0.500. The maximum Gasteiger partial charge on any atom is 0.155 e. The number of nitrogens with zero attached hydrogens (tertiary/aromatic N) is 3. The fourth-order valence-corrected chi connectivity index (χ4v) is 2.43. The largest absolute Gasteiger partial charge is 0.399 e. The van der Waals surface area contributed by atoms with Gasteiger partial charge in [-0.1, -0.05) is 24.9 Å². The van der Waals surface area contributed by atoms with Gasteiger partial charge in [0.05, 0.1) is 5.52 Å². The number of hydrogen-bond acceptors (Lipinski definition) is 4. The van der Waals surface area contributed by atoms with E-state index in [0.29, 0.717) is 17.8 Å². The molecule has 0 aliphatic carbocycles. The second-order valence-corrected chi connectivity index (χ2v) is 11.4. The molecule has 2 rings (SSSR count). The molecule has 0 saturated carbocycles. The molecule has 2 N–H and O–H groups in total. The summed E-state index contributed by atoms with van der Waals surface area (Å²) in [5.74, 6) is -0.455. The van der Waals surface area contributed by atoms with Crippen molar-refractivity contribution in [2.75, 3.05) is 12.3 Å². The number of rotatable bonds is 5. The number of benzene rings is 1. The molecule has 0 unspecified atom stereocenters. The van der Waals surface area contributed by atoms with Crippen LogP contribution in [0.15, 0.2) is 12.1 Å². The van der Waals surface area contributed by atoms with Gasteiger partial charge in [0.25, 0.3) is 0 Å². The van der Waals surface area contributed by atoms with Crippen LogP contribution in [0.4, 0.5) is 10.1 Å². The Morgan fingerprint density at radius 1 is 1.37 bits per heavy atom. The van der Waals surface area contributed by atoms with Crippen molar-refractivity contribution in [1.82, 2.24) is 15.0 Å². The van der Waals surface area contributed by atoms with Gasteiger partial charge < -0.3 is 10.5 Å². The predicted octanol–water partition coefficient (Wildman–Crippen LogP) is 2.46. The Morgan fingerprint density at radius 2 is 2.11 bits per heavy atom. The van der Waals surface area contributed by atoms with Gasteiger partial charge in [-0.2, -0.15) is 0 Å². The van der Waals surface area contributed by atoms with E-state index in [1.54, 1.807) is 6.07 Å². The molecule has 0 saturated heterocycles. The standard InChI is InChI=1S/C12H19FN4OSi/c1-19(2,3)5-4-18-8-17-11-7-9(14)6-10(13)12(11)15-16-17/h6-7H,4-5,8,14H2,1-3H3. The molecule has 1 heterocycles. The van der Waals surface area contributed by atoms with Crippen molar-refractivity contribution in [2.45, 2.75) is 32.4 Å². The minimum Gasteiger partial charge on any atom is -0.399 e. The molecule has 0 spiro atoms. The van der Waals surface area contributed by atoms with E-state index >= 15 is 0 Å². The topological polar surface area (TPSA) is 66.0 Å². The van der Waals surface area contributed by atoms with E-state index < -0.39 is 13.9 Å². The maximum absolute atomic E-state index is 13.6. The van der Waals surface area contributed by atoms with Crippen LogP contribution in [0, 0.1) is 5.82 Å². The normalized spacial score (nSPS) is 12.2. The van der Waals surface area contributed by atoms with Crippen molar-refractivity contribution in [2.24, 2.45) is 0 Å². The fourth-order valence-electron chi connectivity index (χ4n) is 1.67. The average molecular weight is 282 g/mol. The third-order valence-corrected chi connectivity index (χ3v) is 4.51. The van der Waals surface area contributed by atoms with Crippen molar-refractivity contribution < 1.29 is 9.13 Å². The van der Waals surface area contributed by atoms with Crippen LogP contribution >= 0.6 is 0 Å². The molecule has 7 heteroatoms. The van der Waals surface area contributed by atoms with E-state index in [0.717, 1.165) is 6.04 Å². The molecular weight excluding hydrogens is 263 g/mol. The Morgan fingerprint density at radius 3 is 2.79 bits per heavy atom. The second kappa shape index (κ2) is 5.26. The number of anilines is 1. The highest BCUT2D eigenvalue weighted by Gasteiger charge is 2.13. The first-order chi connectivity index (χ1) is 8.87. The lowest BCUT2D eigenvalue weighted by molar-refractivity contribution is 0.0803. The quantitative estimate of drug-likeness (QED) is 0.520. The van der Waals surface area contributed by atoms with E-state index in [2.05, 4.69) is 30.0 Å². The molecule has 1 aromatic carbocycles. The molecule has 0 aliphatic heterocycles. The van der Waals surface area contributed by atoms with Crippen molar-refractivity contribution in [3.8, 4) is 0 Å². The zero-order valence-corrected chi connectivity index (χ0v) is 12.5. The summed E-state index contributed by atoms with van der Waals surface area (Å²) in [6.45, 7) is 7.82. The molecule has 0 aliphatic rings. The Balaban J connectivity index is 2.05. The molecule has 0 fully saturated rings. The van der Waals surface area contributed by atoms with Gasteiger partial charge in [-0.25, -0.2) is 9.07 Å². The Bertz CT molecular complexity index is 579. The van der Waals surface area contributed by atoms with E-state index in [1.165, 1.54) is 10.7 Å². The molecule has 2 aromatic rings. The predicted molar refractivity (Wildman–Crippen MR) is 76.0 cm³/mol. The first kappa shape index (κ1) is 13.9. The number of hydrogen-bond donors (Lipinski definition) is 1. The van der Waals surface area contributed by atoms with Crippen molar-refractivity contribution >= 4 is 24.8 Å². The van der Waals surface area contributed by atoms with Crippen LogP contribution in [-0.4, -0.2) is 29.7 Å². The Labute approximate surface area is 112 Å². The van der Waals surface area contributed by atoms with Gasteiger partial charge in [0.1, 0.15) is 12.2 Å². The smallest absolute Gasteiger partial charge is 0.155 e. The van der Waals surface area contributed by atoms with Gasteiger partial charge in [-0.05, 0) is 18.2 Å². The third-order valence-electron chi connectivity index (χ3n) is 2.81. The summed E-state index contributed by atoms with van der Waals surface area (Å²) in [6.07, 6.45) is 0. The van der Waals surface area contributed by atoms with Crippen LogP contribution in [0.2, 0.25) is 25.7 Å². The number of fused-ring (bicyclic) bond motifs is 1. The summed E-state index contributed by atoms with van der Waals surface area (Å²) < 4.78 is 20.7. The van der Waals surface area contributed by atoms with Crippen molar-refractivity contribution in [1.29, 1.82) is 0 Å². The van der Waals surface area contributed by atoms with E-state index in [-0.39, 0.29) is 12.2 Å². The summed E-state index contributed by atoms with van der Waals surface area (Å²) >= 11 is 0. The molecule has 0 radical (unpaired) electrons. The van der Waals surface area contributed by atoms with E-state index in [1.807, 2.05) is 0 Å². The zero-order valence-electron chi connectivity index (χ0n) is 11.5. The summed E-state index contributed by atoms with van der Waals surface area (Å²) in [7, 11) is -1.10. The monoisotopic (exact) mass is 282 g/mol. The average Bonchev–Trinajstić information content (AvgIpc) is 2.66. The van der Waals surface area contributed by atoms with Crippen LogP contribution in [0.5, 0.6) is 0 Å². The van der Waals surface area contributed by atoms with Gasteiger partial charge in [0, 0.05) is 20.4 Å². The lowest BCUT2D eigenvalue weighted by Gasteiger charge is -2.15. The van der Waals surface area contributed by atoms with E-state index in [9.17, 15) is 4.39 Å². The van der Waals surface area contributed by atoms with Gasteiger partial charge in [-0.3, -0.25) is 0 Å². The summed E-state index contributed by atoms with van der Waals surface area (Å²) in [4.78, 5) is 0. The highest BCUT2D eigenvalue weighted by Crippen LogP contribution is 2.19. The van der Waals surface area contributed by atoms with Crippen molar-refractivity contribution in [3.63, 3.8) is 0 Å². The molecule has 0 atom stereocenters. The van der Waals surface area contributed by atoms with Crippen LogP contribution in [-0.2, 0) is 11.5 Å². The SMILES string of the molecule is C[Si](C)(C)CCOCn1nnc2c(F)cc(N)cc21. The minimum absolute atomic E-state index is 0.225. The Hall–Kier alpha value is -1.47. The molecular formula is C12H19FN4OSi. The summed E-state index contributed by atoms with van der Waals surface area (Å²) in [5.41, 5.74) is 6.76.